The van der Waals surface area contributed by atoms with Gasteiger partial charge in [0.15, 0.2) is 0 Å². The molecule has 0 aliphatic rings. The average molecular weight is 291 g/mol. The number of hydrogen-bond acceptors (Lipinski definition) is 2. The highest BCUT2D eigenvalue weighted by molar-refractivity contribution is 5.77. The summed E-state index contributed by atoms with van der Waals surface area (Å²) in [6.45, 7) is 6.20. The van der Waals surface area contributed by atoms with Crippen molar-refractivity contribution in [2.75, 3.05) is 6.54 Å². The van der Waals surface area contributed by atoms with Crippen LogP contribution in [-0.2, 0) is 16.0 Å². The molecular weight excluding hydrogens is 266 g/mol. The zero-order valence-electron chi connectivity index (χ0n) is 13.1. The van der Waals surface area contributed by atoms with Gasteiger partial charge in [0, 0.05) is 13.0 Å². The molecule has 0 fully saturated rings. The molecule has 0 aromatic heterocycles. The Kier molecular flexibility index (Phi) is 6.40. The second kappa shape index (κ2) is 7.81. The van der Waals surface area contributed by atoms with Crippen molar-refractivity contribution in [3.05, 3.63) is 35.9 Å². The first-order chi connectivity index (χ1) is 9.78. The molecule has 1 amide bonds. The first-order valence-corrected chi connectivity index (χ1v) is 7.31. The van der Waals surface area contributed by atoms with E-state index in [4.69, 9.17) is 0 Å². The molecule has 0 saturated heterocycles. The van der Waals surface area contributed by atoms with Crippen LogP contribution in [0.5, 0.6) is 0 Å². The van der Waals surface area contributed by atoms with Gasteiger partial charge in [-0.15, -0.1) is 0 Å². The van der Waals surface area contributed by atoms with E-state index in [0.717, 1.165) is 5.56 Å². The van der Waals surface area contributed by atoms with Crippen molar-refractivity contribution in [1.29, 1.82) is 0 Å². The van der Waals surface area contributed by atoms with Gasteiger partial charge in [0.2, 0.25) is 5.91 Å². The van der Waals surface area contributed by atoms with Crippen LogP contribution in [0.25, 0.3) is 0 Å². The molecule has 21 heavy (non-hydrogen) atoms. The molecule has 0 aliphatic carbocycles. The van der Waals surface area contributed by atoms with E-state index < -0.39 is 11.9 Å². The summed E-state index contributed by atoms with van der Waals surface area (Å²) < 4.78 is 0. The maximum atomic E-state index is 11.8. The zero-order valence-corrected chi connectivity index (χ0v) is 13.1. The highest BCUT2D eigenvalue weighted by Crippen LogP contribution is 2.24. The molecule has 4 nitrogen and oxygen atoms in total. The minimum atomic E-state index is -0.853. The minimum absolute atomic E-state index is 0.0716. The fourth-order valence-corrected chi connectivity index (χ4v) is 2.21. The molecule has 0 bridgehead atoms. The molecule has 1 aromatic rings. The maximum Gasteiger partial charge on any atom is 0.308 e. The second-order valence-electron chi connectivity index (χ2n) is 6.59. The molecule has 1 rings (SSSR count). The summed E-state index contributed by atoms with van der Waals surface area (Å²) in [6, 6.07) is 9.78. The van der Waals surface area contributed by atoms with Crippen molar-refractivity contribution < 1.29 is 14.7 Å². The third kappa shape index (κ3) is 7.49. The molecule has 0 saturated carbocycles. The van der Waals surface area contributed by atoms with Crippen LogP contribution in [0.15, 0.2) is 30.3 Å². The van der Waals surface area contributed by atoms with Crippen LogP contribution >= 0.6 is 0 Å². The van der Waals surface area contributed by atoms with E-state index >= 15 is 0 Å². The van der Waals surface area contributed by atoms with Gasteiger partial charge in [-0.05, 0) is 23.8 Å². The van der Waals surface area contributed by atoms with Crippen molar-refractivity contribution in [3.8, 4) is 0 Å². The number of aryl methyl sites for hydroxylation is 1. The van der Waals surface area contributed by atoms with Crippen LogP contribution in [0.2, 0.25) is 0 Å². The lowest BCUT2D eigenvalue weighted by Crippen LogP contribution is -2.35. The molecule has 1 atom stereocenters. The molecule has 1 unspecified atom stereocenters. The van der Waals surface area contributed by atoms with E-state index in [9.17, 15) is 14.7 Å². The maximum absolute atomic E-state index is 11.8. The van der Waals surface area contributed by atoms with E-state index in [1.165, 1.54) is 0 Å². The van der Waals surface area contributed by atoms with E-state index in [2.05, 4.69) is 5.32 Å². The SMILES string of the molecule is CC(C)(C)CC(CNC(=O)CCc1ccccc1)C(=O)O. The summed E-state index contributed by atoms with van der Waals surface area (Å²) in [6.07, 6.45) is 1.59. The molecule has 0 heterocycles. The molecule has 2 N–H and O–H groups in total. The van der Waals surface area contributed by atoms with Crippen molar-refractivity contribution >= 4 is 11.9 Å². The molecule has 1 aromatic carbocycles. The fourth-order valence-electron chi connectivity index (χ4n) is 2.21. The molecule has 4 heteroatoms. The van der Waals surface area contributed by atoms with Crippen molar-refractivity contribution in [2.24, 2.45) is 11.3 Å². The number of nitrogens with one attached hydrogen (secondary N) is 1. The lowest BCUT2D eigenvalue weighted by atomic mass is 9.84. The van der Waals surface area contributed by atoms with Crippen LogP contribution in [0, 0.1) is 11.3 Å². The highest BCUT2D eigenvalue weighted by Gasteiger charge is 2.24. The summed E-state index contributed by atoms with van der Waals surface area (Å²) in [7, 11) is 0. The number of carboxylic acid groups (broad SMARTS) is 1. The lowest BCUT2D eigenvalue weighted by molar-refractivity contribution is -0.142. The van der Waals surface area contributed by atoms with Crippen molar-refractivity contribution in [3.63, 3.8) is 0 Å². The minimum Gasteiger partial charge on any atom is -0.481 e. The van der Waals surface area contributed by atoms with Gasteiger partial charge in [-0.3, -0.25) is 9.59 Å². The van der Waals surface area contributed by atoms with E-state index in [1.54, 1.807) is 0 Å². The molecule has 116 valence electrons. The van der Waals surface area contributed by atoms with Gasteiger partial charge >= 0.3 is 5.97 Å². The van der Waals surface area contributed by atoms with E-state index in [1.807, 2.05) is 51.1 Å². The number of benzene rings is 1. The van der Waals surface area contributed by atoms with Gasteiger partial charge in [-0.1, -0.05) is 51.1 Å². The summed E-state index contributed by atoms with van der Waals surface area (Å²) in [5, 5.41) is 11.9. The molecule has 0 spiro atoms. The Hall–Kier alpha value is -1.84. The predicted octanol–water partition coefficient (Wildman–Crippen LogP) is 2.87. The normalized spacial score (nSPS) is 12.7. The number of carbonyl (C=O) groups is 2. The third-order valence-electron chi connectivity index (χ3n) is 3.24. The Morgan fingerprint density at radius 2 is 1.81 bits per heavy atom. The van der Waals surface area contributed by atoms with Crippen molar-refractivity contribution in [2.45, 2.75) is 40.0 Å². The summed E-state index contributed by atoms with van der Waals surface area (Å²) in [5.74, 6) is -1.49. The van der Waals surface area contributed by atoms with Gasteiger partial charge in [-0.2, -0.15) is 0 Å². The Labute approximate surface area is 126 Å². The van der Waals surface area contributed by atoms with Gasteiger partial charge in [0.25, 0.3) is 0 Å². The largest absolute Gasteiger partial charge is 0.481 e. The first-order valence-electron chi connectivity index (χ1n) is 7.31. The zero-order chi connectivity index (χ0) is 15.9. The molecule has 0 radical (unpaired) electrons. The monoisotopic (exact) mass is 291 g/mol. The Morgan fingerprint density at radius 1 is 1.19 bits per heavy atom. The number of hydrogen-bond donors (Lipinski definition) is 2. The smallest absolute Gasteiger partial charge is 0.308 e. The van der Waals surface area contributed by atoms with Crippen molar-refractivity contribution in [1.82, 2.24) is 5.32 Å². The summed E-state index contributed by atoms with van der Waals surface area (Å²) in [5.41, 5.74) is 1.04. The van der Waals surface area contributed by atoms with Gasteiger partial charge in [0.05, 0.1) is 5.92 Å². The van der Waals surface area contributed by atoms with Crippen LogP contribution in [0.3, 0.4) is 0 Å². The van der Waals surface area contributed by atoms with Gasteiger partial charge < -0.3 is 10.4 Å². The Morgan fingerprint density at radius 3 is 2.33 bits per heavy atom. The van der Waals surface area contributed by atoms with Crippen LogP contribution < -0.4 is 5.32 Å². The molecule has 0 aliphatic heterocycles. The van der Waals surface area contributed by atoms with Crippen LogP contribution in [-0.4, -0.2) is 23.5 Å². The number of carboxylic acids is 1. The fraction of sp³-hybridized carbons (Fsp3) is 0.529. The topological polar surface area (TPSA) is 66.4 Å². The van der Waals surface area contributed by atoms with E-state index in [-0.39, 0.29) is 17.9 Å². The number of amides is 1. The van der Waals surface area contributed by atoms with Crippen LogP contribution in [0.4, 0.5) is 0 Å². The Balaban J connectivity index is 2.38. The number of aliphatic carboxylic acids is 1. The lowest BCUT2D eigenvalue weighted by Gasteiger charge is -2.23. The molecular formula is C17H25NO3. The summed E-state index contributed by atoms with van der Waals surface area (Å²) in [4.78, 5) is 23.0. The van der Waals surface area contributed by atoms with Gasteiger partial charge in [0.1, 0.15) is 0 Å². The summed E-state index contributed by atoms with van der Waals surface area (Å²) >= 11 is 0. The Bertz CT molecular complexity index is 463. The highest BCUT2D eigenvalue weighted by atomic mass is 16.4. The van der Waals surface area contributed by atoms with E-state index in [0.29, 0.717) is 19.3 Å². The first kappa shape index (κ1) is 17.2. The van der Waals surface area contributed by atoms with Gasteiger partial charge in [-0.25, -0.2) is 0 Å². The number of carbonyl (C=O) groups excluding carboxylic acids is 1. The third-order valence-corrected chi connectivity index (χ3v) is 3.24. The second-order valence-corrected chi connectivity index (χ2v) is 6.59. The predicted molar refractivity (Wildman–Crippen MR) is 83.0 cm³/mol. The van der Waals surface area contributed by atoms with Crippen LogP contribution in [0.1, 0.15) is 39.2 Å². The number of rotatable bonds is 7. The standard InChI is InChI=1S/C17H25NO3/c1-17(2,3)11-14(16(20)21)12-18-15(19)10-9-13-7-5-4-6-8-13/h4-8,14H,9-12H2,1-3H3,(H,18,19)(H,20,21). The quantitative estimate of drug-likeness (QED) is 0.811. The average Bonchev–Trinajstić information content (AvgIpc) is 2.41.